The maximum Gasteiger partial charge on any atom is 0.132 e. The molecule has 0 radical (unpaired) electrons. The third kappa shape index (κ3) is 2.92. The van der Waals surface area contributed by atoms with E-state index in [1.165, 1.54) is 0 Å². The number of aromatic nitrogens is 2. The van der Waals surface area contributed by atoms with Crippen molar-refractivity contribution in [2.45, 2.75) is 20.3 Å². The minimum atomic E-state index is 0.560. The molecule has 0 aliphatic carbocycles. The zero-order valence-corrected chi connectivity index (χ0v) is 9.37. The quantitative estimate of drug-likeness (QED) is 0.663. The molecule has 0 aliphatic heterocycles. The Kier molecular flexibility index (Phi) is 3.25. The van der Waals surface area contributed by atoms with E-state index in [2.05, 4.69) is 46.4 Å². The van der Waals surface area contributed by atoms with Crippen molar-refractivity contribution in [1.82, 2.24) is 9.97 Å². The Hall–Kier alpha value is -0.390. The van der Waals surface area contributed by atoms with Crippen LogP contribution in [-0.2, 0) is 6.42 Å². The minimum Gasteiger partial charge on any atom is -0.384 e. The first kappa shape index (κ1) is 9.70. The molecule has 1 aromatic rings. The zero-order valence-electron chi connectivity index (χ0n) is 7.21. The first-order valence-electron chi connectivity index (χ1n) is 3.87. The molecular formula is C8H12IN3. The maximum atomic E-state index is 5.58. The Morgan fingerprint density at radius 2 is 2.17 bits per heavy atom. The van der Waals surface area contributed by atoms with Crippen molar-refractivity contribution in [2.24, 2.45) is 5.92 Å². The van der Waals surface area contributed by atoms with Gasteiger partial charge in [-0.2, -0.15) is 0 Å². The van der Waals surface area contributed by atoms with Crippen LogP contribution in [0.25, 0.3) is 0 Å². The predicted molar refractivity (Wildman–Crippen MR) is 57.7 cm³/mol. The van der Waals surface area contributed by atoms with E-state index >= 15 is 0 Å². The van der Waals surface area contributed by atoms with Gasteiger partial charge < -0.3 is 5.73 Å². The van der Waals surface area contributed by atoms with E-state index in [0.717, 1.165) is 15.9 Å². The number of nitrogens with zero attached hydrogens (tertiary/aromatic N) is 2. The van der Waals surface area contributed by atoms with E-state index in [0.29, 0.717) is 11.7 Å². The van der Waals surface area contributed by atoms with E-state index in [1.807, 2.05) is 0 Å². The molecule has 4 heteroatoms. The Bertz CT molecular complexity index is 253. The molecule has 3 nitrogen and oxygen atoms in total. The fourth-order valence-corrected chi connectivity index (χ4v) is 1.54. The van der Waals surface area contributed by atoms with Crippen molar-refractivity contribution in [1.29, 1.82) is 0 Å². The molecule has 0 aliphatic rings. The van der Waals surface area contributed by atoms with E-state index in [1.54, 1.807) is 6.07 Å². The molecule has 0 spiro atoms. The minimum absolute atomic E-state index is 0.560. The molecule has 0 aromatic carbocycles. The molecule has 0 saturated heterocycles. The number of halogens is 1. The van der Waals surface area contributed by atoms with E-state index in [4.69, 9.17) is 5.73 Å². The molecule has 0 saturated carbocycles. The SMILES string of the molecule is CC(C)Cc1nc(N)cc(I)n1. The van der Waals surface area contributed by atoms with Gasteiger partial charge in [-0.25, -0.2) is 9.97 Å². The zero-order chi connectivity index (χ0) is 9.14. The smallest absolute Gasteiger partial charge is 0.132 e. The van der Waals surface area contributed by atoms with Crippen LogP contribution in [-0.4, -0.2) is 9.97 Å². The number of hydrogen-bond donors (Lipinski definition) is 1. The summed E-state index contributed by atoms with van der Waals surface area (Å²) >= 11 is 2.15. The summed E-state index contributed by atoms with van der Waals surface area (Å²) in [5.74, 6) is 1.97. The number of nitrogen functional groups attached to an aromatic ring is 1. The van der Waals surface area contributed by atoms with Crippen LogP contribution < -0.4 is 5.73 Å². The highest BCUT2D eigenvalue weighted by Gasteiger charge is 2.02. The first-order valence-corrected chi connectivity index (χ1v) is 4.94. The van der Waals surface area contributed by atoms with Crippen LogP contribution in [0.5, 0.6) is 0 Å². The summed E-state index contributed by atoms with van der Waals surface area (Å²) < 4.78 is 0.913. The van der Waals surface area contributed by atoms with Gasteiger partial charge in [-0.1, -0.05) is 13.8 Å². The van der Waals surface area contributed by atoms with Gasteiger partial charge in [0, 0.05) is 12.5 Å². The van der Waals surface area contributed by atoms with Crippen LogP contribution in [0.15, 0.2) is 6.07 Å². The van der Waals surface area contributed by atoms with Crippen LogP contribution in [0.3, 0.4) is 0 Å². The van der Waals surface area contributed by atoms with Crippen molar-refractivity contribution in [3.8, 4) is 0 Å². The molecule has 12 heavy (non-hydrogen) atoms. The second-order valence-electron chi connectivity index (χ2n) is 3.13. The molecule has 1 aromatic heterocycles. The van der Waals surface area contributed by atoms with Crippen molar-refractivity contribution >= 4 is 28.4 Å². The molecule has 0 unspecified atom stereocenters. The van der Waals surface area contributed by atoms with Gasteiger partial charge in [-0.15, -0.1) is 0 Å². The fraction of sp³-hybridized carbons (Fsp3) is 0.500. The van der Waals surface area contributed by atoms with Crippen LogP contribution in [0.4, 0.5) is 5.82 Å². The molecule has 0 amide bonds. The topological polar surface area (TPSA) is 51.8 Å². The lowest BCUT2D eigenvalue weighted by atomic mass is 10.1. The van der Waals surface area contributed by atoms with Crippen molar-refractivity contribution < 1.29 is 0 Å². The lowest BCUT2D eigenvalue weighted by Crippen LogP contribution is -2.04. The third-order valence-electron chi connectivity index (χ3n) is 1.35. The Balaban J connectivity index is 2.85. The van der Waals surface area contributed by atoms with Gasteiger partial charge in [0.15, 0.2) is 0 Å². The number of rotatable bonds is 2. The second-order valence-corrected chi connectivity index (χ2v) is 4.23. The van der Waals surface area contributed by atoms with Gasteiger partial charge >= 0.3 is 0 Å². The highest BCUT2D eigenvalue weighted by atomic mass is 127. The fourth-order valence-electron chi connectivity index (χ4n) is 0.940. The molecule has 0 atom stereocenters. The van der Waals surface area contributed by atoms with Gasteiger partial charge in [0.25, 0.3) is 0 Å². The molecule has 66 valence electrons. The van der Waals surface area contributed by atoms with Crippen LogP contribution >= 0.6 is 22.6 Å². The highest BCUT2D eigenvalue weighted by Crippen LogP contribution is 2.08. The van der Waals surface area contributed by atoms with Crippen molar-refractivity contribution in [3.63, 3.8) is 0 Å². The molecule has 2 N–H and O–H groups in total. The summed E-state index contributed by atoms with van der Waals surface area (Å²) in [6.07, 6.45) is 0.890. The molecule has 1 heterocycles. The van der Waals surface area contributed by atoms with Crippen molar-refractivity contribution in [3.05, 3.63) is 15.6 Å². The molecule has 1 rings (SSSR count). The van der Waals surface area contributed by atoms with Crippen LogP contribution in [0, 0.1) is 9.62 Å². The van der Waals surface area contributed by atoms with Crippen LogP contribution in [0.2, 0.25) is 0 Å². The third-order valence-corrected chi connectivity index (χ3v) is 1.90. The normalized spacial score (nSPS) is 10.7. The summed E-state index contributed by atoms with van der Waals surface area (Å²) in [7, 11) is 0. The number of hydrogen-bond acceptors (Lipinski definition) is 3. The predicted octanol–water partition coefficient (Wildman–Crippen LogP) is 1.86. The second kappa shape index (κ2) is 4.02. The Morgan fingerprint density at radius 3 is 2.67 bits per heavy atom. The van der Waals surface area contributed by atoms with E-state index in [-0.39, 0.29) is 0 Å². The van der Waals surface area contributed by atoms with Crippen molar-refractivity contribution in [2.75, 3.05) is 5.73 Å². The summed E-state index contributed by atoms with van der Waals surface area (Å²) in [5, 5.41) is 0. The summed E-state index contributed by atoms with van der Waals surface area (Å²) in [4.78, 5) is 8.41. The Morgan fingerprint density at radius 1 is 1.50 bits per heavy atom. The molecular weight excluding hydrogens is 265 g/mol. The highest BCUT2D eigenvalue weighted by molar-refractivity contribution is 14.1. The van der Waals surface area contributed by atoms with Gasteiger partial charge in [0.1, 0.15) is 15.3 Å². The van der Waals surface area contributed by atoms with E-state index in [9.17, 15) is 0 Å². The van der Waals surface area contributed by atoms with Crippen LogP contribution in [0.1, 0.15) is 19.7 Å². The number of nitrogens with two attached hydrogens (primary N) is 1. The first-order chi connectivity index (χ1) is 5.58. The summed E-state index contributed by atoms with van der Waals surface area (Å²) in [6, 6.07) is 1.77. The van der Waals surface area contributed by atoms with Gasteiger partial charge in [-0.3, -0.25) is 0 Å². The monoisotopic (exact) mass is 277 g/mol. The molecule has 0 bridgehead atoms. The maximum absolute atomic E-state index is 5.58. The summed E-state index contributed by atoms with van der Waals surface area (Å²) in [5.41, 5.74) is 5.58. The Labute approximate surface area is 85.9 Å². The number of anilines is 1. The van der Waals surface area contributed by atoms with E-state index < -0.39 is 0 Å². The average Bonchev–Trinajstić information content (AvgIpc) is 1.81. The molecule has 0 fully saturated rings. The lowest BCUT2D eigenvalue weighted by molar-refractivity contribution is 0.620. The largest absolute Gasteiger partial charge is 0.384 e. The standard InChI is InChI=1S/C8H12IN3/c1-5(2)3-8-11-6(9)4-7(10)12-8/h4-5H,3H2,1-2H3,(H2,10,11,12). The lowest BCUT2D eigenvalue weighted by Gasteiger charge is -2.04. The van der Waals surface area contributed by atoms with Gasteiger partial charge in [-0.05, 0) is 28.5 Å². The summed E-state index contributed by atoms with van der Waals surface area (Å²) in [6.45, 7) is 4.28. The average molecular weight is 277 g/mol. The van der Waals surface area contributed by atoms with Gasteiger partial charge in [0.05, 0.1) is 0 Å². The van der Waals surface area contributed by atoms with Gasteiger partial charge in [0.2, 0.25) is 0 Å².